The lowest BCUT2D eigenvalue weighted by Crippen LogP contribution is -2.19. The van der Waals surface area contributed by atoms with Gasteiger partial charge in [0.2, 0.25) is 0 Å². The van der Waals surface area contributed by atoms with E-state index in [1.165, 1.54) is 12.5 Å². The van der Waals surface area contributed by atoms with Crippen molar-refractivity contribution in [1.29, 1.82) is 0 Å². The van der Waals surface area contributed by atoms with Gasteiger partial charge in [0.25, 0.3) is 5.91 Å². The lowest BCUT2D eigenvalue weighted by atomic mass is 10.1. The van der Waals surface area contributed by atoms with Gasteiger partial charge in [0, 0.05) is 11.1 Å². The number of rotatable bonds is 4. The van der Waals surface area contributed by atoms with Crippen molar-refractivity contribution in [3.8, 4) is 11.3 Å². The van der Waals surface area contributed by atoms with Gasteiger partial charge >= 0.3 is 0 Å². The van der Waals surface area contributed by atoms with Crippen molar-refractivity contribution in [3.63, 3.8) is 0 Å². The number of aromatic amines is 1. The summed E-state index contributed by atoms with van der Waals surface area (Å²) >= 11 is 0. The molecule has 0 atom stereocenters. The highest BCUT2D eigenvalue weighted by Gasteiger charge is 2.16. The fraction of sp³-hybridized carbons (Fsp3) is 0.0625. The van der Waals surface area contributed by atoms with E-state index in [0.29, 0.717) is 11.5 Å². The molecule has 1 amide bonds. The van der Waals surface area contributed by atoms with E-state index in [2.05, 4.69) is 20.7 Å². The predicted molar refractivity (Wildman–Crippen MR) is 82.5 cm³/mol. The Hall–Kier alpha value is -3.15. The monoisotopic (exact) mass is 294 g/mol. The van der Waals surface area contributed by atoms with E-state index < -0.39 is 0 Å². The first-order valence-electron chi connectivity index (χ1n) is 6.73. The minimum absolute atomic E-state index is 0.352. The summed E-state index contributed by atoms with van der Waals surface area (Å²) in [6.07, 6.45) is 2.97. The molecule has 0 fully saturated rings. The van der Waals surface area contributed by atoms with Crippen LogP contribution in [0.3, 0.4) is 0 Å². The number of nitrogens with zero attached hydrogens (tertiary/aromatic N) is 2. The van der Waals surface area contributed by atoms with Crippen LogP contribution in [0.15, 0.2) is 58.2 Å². The molecule has 0 saturated heterocycles. The number of carbonyl (C=O) groups excluding carboxylic acids is 1. The van der Waals surface area contributed by atoms with Crippen LogP contribution >= 0.6 is 0 Å². The highest BCUT2D eigenvalue weighted by molar-refractivity contribution is 5.95. The van der Waals surface area contributed by atoms with Crippen molar-refractivity contribution in [2.75, 3.05) is 0 Å². The molecule has 2 aromatic heterocycles. The fourth-order valence-corrected chi connectivity index (χ4v) is 2.07. The molecule has 22 heavy (non-hydrogen) atoms. The predicted octanol–water partition coefficient (Wildman–Crippen LogP) is 2.74. The average Bonchev–Trinajstić information content (AvgIpc) is 3.18. The lowest BCUT2D eigenvalue weighted by molar-refractivity contribution is 0.0949. The molecule has 0 aliphatic carbocycles. The zero-order chi connectivity index (χ0) is 15.4. The summed E-state index contributed by atoms with van der Waals surface area (Å²) in [5, 5.41) is 10.8. The molecule has 110 valence electrons. The number of amides is 1. The van der Waals surface area contributed by atoms with Crippen molar-refractivity contribution in [2.45, 2.75) is 6.92 Å². The van der Waals surface area contributed by atoms with E-state index in [0.717, 1.165) is 16.8 Å². The summed E-state index contributed by atoms with van der Waals surface area (Å²) in [6, 6.07) is 13.2. The van der Waals surface area contributed by atoms with Gasteiger partial charge in [0.05, 0.1) is 18.2 Å². The summed E-state index contributed by atoms with van der Waals surface area (Å²) in [5.74, 6) is 0.210. The largest absolute Gasteiger partial charge is 0.463 e. The van der Waals surface area contributed by atoms with E-state index in [4.69, 9.17) is 4.42 Å². The Bertz CT molecular complexity index is 789. The van der Waals surface area contributed by atoms with Gasteiger partial charge in [0.15, 0.2) is 0 Å². The van der Waals surface area contributed by atoms with Crippen LogP contribution < -0.4 is 5.43 Å². The number of H-pyrrole nitrogens is 1. The maximum atomic E-state index is 12.1. The number of hydrogen-bond acceptors (Lipinski definition) is 4. The highest BCUT2D eigenvalue weighted by Crippen LogP contribution is 2.22. The second kappa shape index (κ2) is 6.09. The number of benzene rings is 1. The molecule has 6 nitrogen and oxygen atoms in total. The zero-order valence-electron chi connectivity index (χ0n) is 11.9. The van der Waals surface area contributed by atoms with Crippen LogP contribution in [0.2, 0.25) is 0 Å². The zero-order valence-corrected chi connectivity index (χ0v) is 11.9. The second-order valence-electron chi connectivity index (χ2n) is 4.65. The van der Waals surface area contributed by atoms with Crippen molar-refractivity contribution < 1.29 is 9.21 Å². The van der Waals surface area contributed by atoms with Crippen LogP contribution in [0, 0.1) is 6.92 Å². The van der Waals surface area contributed by atoms with Gasteiger partial charge in [-0.2, -0.15) is 10.2 Å². The summed E-state index contributed by atoms with van der Waals surface area (Å²) in [5.41, 5.74) is 5.31. The third kappa shape index (κ3) is 2.80. The smallest absolute Gasteiger partial charge is 0.289 e. The van der Waals surface area contributed by atoms with E-state index in [9.17, 15) is 4.79 Å². The Labute approximate surface area is 126 Å². The van der Waals surface area contributed by atoms with Crippen LogP contribution in [-0.2, 0) is 0 Å². The van der Waals surface area contributed by atoms with Gasteiger partial charge in [-0.15, -0.1) is 0 Å². The first-order chi connectivity index (χ1) is 10.8. The van der Waals surface area contributed by atoms with Crippen molar-refractivity contribution >= 4 is 12.1 Å². The number of carbonyl (C=O) groups is 1. The Morgan fingerprint density at radius 1 is 1.27 bits per heavy atom. The molecule has 0 unspecified atom stereocenters. The minimum Gasteiger partial charge on any atom is -0.463 e. The Kier molecular flexibility index (Phi) is 3.82. The van der Waals surface area contributed by atoms with Crippen molar-refractivity contribution in [1.82, 2.24) is 15.6 Å². The van der Waals surface area contributed by atoms with Crippen LogP contribution in [0.4, 0.5) is 0 Å². The third-order valence-electron chi connectivity index (χ3n) is 3.19. The first kappa shape index (κ1) is 13.8. The van der Waals surface area contributed by atoms with Crippen LogP contribution in [0.1, 0.15) is 21.8 Å². The highest BCUT2D eigenvalue weighted by atomic mass is 16.3. The maximum absolute atomic E-state index is 12.1. The molecule has 0 spiro atoms. The fourth-order valence-electron chi connectivity index (χ4n) is 2.07. The lowest BCUT2D eigenvalue weighted by Gasteiger charge is -1.99. The van der Waals surface area contributed by atoms with E-state index >= 15 is 0 Å². The van der Waals surface area contributed by atoms with Crippen LogP contribution in [0.5, 0.6) is 0 Å². The molecule has 2 N–H and O–H groups in total. The third-order valence-corrected chi connectivity index (χ3v) is 3.19. The van der Waals surface area contributed by atoms with Gasteiger partial charge in [-0.05, 0) is 19.1 Å². The van der Waals surface area contributed by atoms with E-state index in [1.807, 2.05) is 37.3 Å². The second-order valence-corrected chi connectivity index (χ2v) is 4.65. The quantitative estimate of drug-likeness (QED) is 0.573. The summed E-state index contributed by atoms with van der Waals surface area (Å²) in [7, 11) is 0. The molecule has 1 aromatic carbocycles. The minimum atomic E-state index is -0.352. The Balaban J connectivity index is 1.75. The molecule has 0 aliphatic heterocycles. The maximum Gasteiger partial charge on any atom is 0.289 e. The number of aromatic nitrogens is 2. The molecule has 0 aliphatic rings. The topological polar surface area (TPSA) is 83.3 Å². The Morgan fingerprint density at radius 3 is 2.82 bits per heavy atom. The van der Waals surface area contributed by atoms with E-state index in [-0.39, 0.29) is 5.91 Å². The molecule has 0 radical (unpaired) electrons. The van der Waals surface area contributed by atoms with Gasteiger partial charge in [-0.1, -0.05) is 30.3 Å². The van der Waals surface area contributed by atoms with Crippen molar-refractivity contribution in [3.05, 3.63) is 65.7 Å². The standard InChI is InChI=1S/C16H14N4O2/c1-11-14(12-6-3-2-4-7-12)18-19-15(11)16(21)20-17-10-13-8-5-9-22-13/h2-10H,1H3,(H,18,19)(H,20,21). The molecule has 0 bridgehead atoms. The van der Waals surface area contributed by atoms with Crippen LogP contribution in [0.25, 0.3) is 11.3 Å². The molecular weight excluding hydrogens is 280 g/mol. The van der Waals surface area contributed by atoms with Crippen LogP contribution in [-0.4, -0.2) is 22.3 Å². The molecule has 6 heteroatoms. The summed E-state index contributed by atoms with van der Waals surface area (Å²) in [4.78, 5) is 12.1. The number of furan rings is 1. The van der Waals surface area contributed by atoms with E-state index in [1.54, 1.807) is 12.1 Å². The number of nitrogens with one attached hydrogen (secondary N) is 2. The molecule has 3 rings (SSSR count). The molecule has 0 saturated carbocycles. The van der Waals surface area contributed by atoms with Gasteiger partial charge < -0.3 is 4.42 Å². The molecule has 3 aromatic rings. The van der Waals surface area contributed by atoms with Crippen molar-refractivity contribution in [2.24, 2.45) is 5.10 Å². The van der Waals surface area contributed by atoms with Gasteiger partial charge in [-0.25, -0.2) is 5.43 Å². The van der Waals surface area contributed by atoms with Gasteiger partial charge in [0.1, 0.15) is 11.5 Å². The average molecular weight is 294 g/mol. The summed E-state index contributed by atoms with van der Waals surface area (Å²) < 4.78 is 5.09. The van der Waals surface area contributed by atoms with Gasteiger partial charge in [-0.3, -0.25) is 9.89 Å². The molecular formula is C16H14N4O2. The number of hydrogen-bond donors (Lipinski definition) is 2. The molecule has 2 heterocycles. The SMILES string of the molecule is Cc1c(-c2ccccc2)n[nH]c1C(=O)NN=Cc1ccco1. The first-order valence-corrected chi connectivity index (χ1v) is 6.73. The normalized spacial score (nSPS) is 11.0. The Morgan fingerprint density at radius 2 is 2.09 bits per heavy atom. The number of hydrazone groups is 1. The summed E-state index contributed by atoms with van der Waals surface area (Å²) in [6.45, 7) is 1.84.